The van der Waals surface area contributed by atoms with Gasteiger partial charge in [-0.25, -0.2) is 0 Å². The predicted molar refractivity (Wildman–Crippen MR) is 95.8 cm³/mol. The second-order valence-electron chi connectivity index (χ2n) is 5.66. The lowest BCUT2D eigenvalue weighted by Gasteiger charge is -2.11. The van der Waals surface area contributed by atoms with Gasteiger partial charge in [0, 0.05) is 17.3 Å². The minimum Gasteiger partial charge on any atom is -0.496 e. The van der Waals surface area contributed by atoms with Crippen molar-refractivity contribution >= 4 is 11.6 Å². The Balaban J connectivity index is 1.85. The molecule has 0 aliphatic heterocycles. The van der Waals surface area contributed by atoms with Crippen molar-refractivity contribution in [2.45, 2.75) is 13.5 Å². The molecule has 0 fully saturated rings. The van der Waals surface area contributed by atoms with Crippen LogP contribution < -0.4 is 10.1 Å². The van der Waals surface area contributed by atoms with Gasteiger partial charge in [0.1, 0.15) is 23.9 Å². The molecular formula is C20H19NO4. The highest BCUT2D eigenvalue weighted by atomic mass is 16.5. The van der Waals surface area contributed by atoms with E-state index in [1.165, 1.54) is 0 Å². The van der Waals surface area contributed by atoms with E-state index in [0.29, 0.717) is 28.5 Å². The first kappa shape index (κ1) is 16.8. The Morgan fingerprint density at radius 3 is 2.68 bits per heavy atom. The van der Waals surface area contributed by atoms with E-state index < -0.39 is 0 Å². The second kappa shape index (κ2) is 7.23. The van der Waals surface area contributed by atoms with Crippen LogP contribution in [0.5, 0.6) is 5.75 Å². The summed E-state index contributed by atoms with van der Waals surface area (Å²) < 4.78 is 11.0. The molecule has 128 valence electrons. The van der Waals surface area contributed by atoms with E-state index in [0.717, 1.165) is 11.1 Å². The van der Waals surface area contributed by atoms with E-state index in [2.05, 4.69) is 5.32 Å². The number of hydrogen-bond donors (Lipinski definition) is 2. The van der Waals surface area contributed by atoms with E-state index in [1.54, 1.807) is 37.4 Å². The highest BCUT2D eigenvalue weighted by Crippen LogP contribution is 2.33. The van der Waals surface area contributed by atoms with Crippen LogP contribution in [0.25, 0.3) is 11.3 Å². The molecule has 0 spiro atoms. The molecule has 25 heavy (non-hydrogen) atoms. The fraction of sp³-hybridized carbons (Fsp3) is 0.150. The molecule has 1 amide bonds. The van der Waals surface area contributed by atoms with Crippen LogP contribution >= 0.6 is 0 Å². The number of aliphatic hydroxyl groups excluding tert-OH is 1. The summed E-state index contributed by atoms with van der Waals surface area (Å²) in [5.41, 5.74) is 3.00. The lowest BCUT2D eigenvalue weighted by Crippen LogP contribution is -2.12. The Morgan fingerprint density at radius 1 is 1.16 bits per heavy atom. The first-order chi connectivity index (χ1) is 12.1. The third kappa shape index (κ3) is 3.72. The topological polar surface area (TPSA) is 71.7 Å². The van der Waals surface area contributed by atoms with Crippen LogP contribution in [0.1, 0.15) is 21.7 Å². The molecule has 0 radical (unpaired) electrons. The standard InChI is InChI=1S/C20H19NO4/c1-13-4-3-5-14(10-13)20(23)21-15-6-8-17(19(11-15)24-2)18-9-7-16(12-22)25-18/h3-11,22H,12H2,1-2H3,(H,21,23). The number of nitrogens with one attached hydrogen (secondary N) is 1. The normalized spacial score (nSPS) is 10.5. The fourth-order valence-corrected chi connectivity index (χ4v) is 2.57. The lowest BCUT2D eigenvalue weighted by atomic mass is 10.1. The second-order valence-corrected chi connectivity index (χ2v) is 5.66. The van der Waals surface area contributed by atoms with E-state index in [1.807, 2.05) is 31.2 Å². The van der Waals surface area contributed by atoms with Crippen LogP contribution in [-0.4, -0.2) is 18.1 Å². The number of aliphatic hydroxyl groups is 1. The number of amides is 1. The number of anilines is 1. The van der Waals surface area contributed by atoms with Crippen LogP contribution in [0.2, 0.25) is 0 Å². The highest BCUT2D eigenvalue weighted by molar-refractivity contribution is 6.04. The fourth-order valence-electron chi connectivity index (χ4n) is 2.57. The third-order valence-electron chi connectivity index (χ3n) is 3.82. The van der Waals surface area contributed by atoms with Gasteiger partial charge in [0.25, 0.3) is 5.91 Å². The maximum Gasteiger partial charge on any atom is 0.255 e. The molecule has 0 saturated heterocycles. The van der Waals surface area contributed by atoms with Gasteiger partial charge in [-0.3, -0.25) is 4.79 Å². The summed E-state index contributed by atoms with van der Waals surface area (Å²) in [5, 5.41) is 12.0. The Bertz CT molecular complexity index is 898. The summed E-state index contributed by atoms with van der Waals surface area (Å²) in [4.78, 5) is 12.4. The molecule has 0 aliphatic rings. The number of benzene rings is 2. The summed E-state index contributed by atoms with van der Waals surface area (Å²) in [7, 11) is 1.56. The van der Waals surface area contributed by atoms with Gasteiger partial charge in [-0.05, 0) is 43.3 Å². The average molecular weight is 337 g/mol. The maximum atomic E-state index is 12.4. The smallest absolute Gasteiger partial charge is 0.255 e. The minimum absolute atomic E-state index is 0.160. The number of carbonyl (C=O) groups is 1. The maximum absolute atomic E-state index is 12.4. The number of rotatable bonds is 5. The number of hydrogen-bond acceptors (Lipinski definition) is 4. The van der Waals surface area contributed by atoms with Crippen LogP contribution in [0, 0.1) is 6.92 Å². The lowest BCUT2D eigenvalue weighted by molar-refractivity contribution is 0.102. The molecule has 1 aromatic heterocycles. The predicted octanol–water partition coefficient (Wildman–Crippen LogP) is 4.01. The van der Waals surface area contributed by atoms with Gasteiger partial charge in [0.05, 0.1) is 12.7 Å². The first-order valence-corrected chi connectivity index (χ1v) is 7.86. The van der Waals surface area contributed by atoms with Crippen LogP contribution in [0.3, 0.4) is 0 Å². The van der Waals surface area contributed by atoms with Crippen LogP contribution in [0.15, 0.2) is 59.0 Å². The zero-order chi connectivity index (χ0) is 17.8. The Kier molecular flexibility index (Phi) is 4.86. The molecule has 3 rings (SSSR count). The average Bonchev–Trinajstić information content (AvgIpc) is 3.10. The summed E-state index contributed by atoms with van der Waals surface area (Å²) in [5.74, 6) is 1.46. The molecule has 3 aromatic rings. The van der Waals surface area contributed by atoms with E-state index >= 15 is 0 Å². The van der Waals surface area contributed by atoms with Crippen molar-refractivity contribution in [2.24, 2.45) is 0 Å². The summed E-state index contributed by atoms with van der Waals surface area (Å²) >= 11 is 0. The molecule has 0 saturated carbocycles. The summed E-state index contributed by atoms with van der Waals surface area (Å²) in [6.07, 6.45) is 0. The molecule has 2 N–H and O–H groups in total. The molecule has 0 aliphatic carbocycles. The molecule has 0 unspecified atom stereocenters. The molecule has 0 bridgehead atoms. The molecule has 2 aromatic carbocycles. The number of furan rings is 1. The zero-order valence-corrected chi connectivity index (χ0v) is 14.1. The van der Waals surface area contributed by atoms with Gasteiger partial charge >= 0.3 is 0 Å². The number of carbonyl (C=O) groups excluding carboxylic acids is 1. The number of ether oxygens (including phenoxy) is 1. The number of methoxy groups -OCH3 is 1. The zero-order valence-electron chi connectivity index (χ0n) is 14.1. The minimum atomic E-state index is -0.181. The quantitative estimate of drug-likeness (QED) is 0.738. The Hall–Kier alpha value is -3.05. The largest absolute Gasteiger partial charge is 0.496 e. The third-order valence-corrected chi connectivity index (χ3v) is 3.82. The van der Waals surface area contributed by atoms with Gasteiger partial charge in [-0.1, -0.05) is 17.7 Å². The van der Waals surface area contributed by atoms with Crippen molar-refractivity contribution in [1.82, 2.24) is 0 Å². The monoisotopic (exact) mass is 337 g/mol. The van der Waals surface area contributed by atoms with Gasteiger partial charge in [0.2, 0.25) is 0 Å². The summed E-state index contributed by atoms with van der Waals surface area (Å²) in [6.45, 7) is 1.78. The highest BCUT2D eigenvalue weighted by Gasteiger charge is 2.13. The number of aryl methyl sites for hydroxylation is 1. The van der Waals surface area contributed by atoms with Crippen molar-refractivity contribution < 1.29 is 19.1 Å². The SMILES string of the molecule is COc1cc(NC(=O)c2cccc(C)c2)ccc1-c1ccc(CO)o1. The van der Waals surface area contributed by atoms with Gasteiger partial charge in [-0.2, -0.15) is 0 Å². The molecule has 5 nitrogen and oxygen atoms in total. The van der Waals surface area contributed by atoms with Gasteiger partial charge < -0.3 is 19.6 Å². The van der Waals surface area contributed by atoms with Gasteiger partial charge in [-0.15, -0.1) is 0 Å². The molecule has 0 atom stereocenters. The molecule has 5 heteroatoms. The van der Waals surface area contributed by atoms with Crippen molar-refractivity contribution in [3.05, 3.63) is 71.5 Å². The summed E-state index contributed by atoms with van der Waals surface area (Å²) in [6, 6.07) is 16.2. The Labute approximate surface area is 145 Å². The molecule has 1 heterocycles. The van der Waals surface area contributed by atoms with Crippen LogP contribution in [0.4, 0.5) is 5.69 Å². The van der Waals surface area contributed by atoms with Crippen molar-refractivity contribution in [3.8, 4) is 17.1 Å². The van der Waals surface area contributed by atoms with E-state index in [-0.39, 0.29) is 12.5 Å². The van der Waals surface area contributed by atoms with E-state index in [4.69, 9.17) is 14.3 Å². The Morgan fingerprint density at radius 2 is 2.00 bits per heavy atom. The van der Waals surface area contributed by atoms with Crippen molar-refractivity contribution in [1.29, 1.82) is 0 Å². The first-order valence-electron chi connectivity index (χ1n) is 7.86. The van der Waals surface area contributed by atoms with Crippen molar-refractivity contribution in [3.63, 3.8) is 0 Å². The van der Waals surface area contributed by atoms with Crippen molar-refractivity contribution in [2.75, 3.05) is 12.4 Å². The van der Waals surface area contributed by atoms with E-state index in [9.17, 15) is 4.79 Å². The van der Waals surface area contributed by atoms with Gasteiger partial charge in [0.15, 0.2) is 0 Å². The molecular weight excluding hydrogens is 318 g/mol. The van der Waals surface area contributed by atoms with Crippen LogP contribution in [-0.2, 0) is 6.61 Å².